The fourth-order valence-corrected chi connectivity index (χ4v) is 8.86. The molecule has 9 aromatic rings. The first-order valence-corrected chi connectivity index (χ1v) is 17.7. The monoisotopic (exact) mass is 646 g/mol. The summed E-state index contributed by atoms with van der Waals surface area (Å²) in [6, 6.07) is 69.3. The summed E-state index contributed by atoms with van der Waals surface area (Å²) in [6.07, 6.45) is 0. The van der Waals surface area contributed by atoms with E-state index >= 15 is 0 Å². The third kappa shape index (κ3) is 4.12. The maximum Gasteiger partial charge on any atom is 0.252 e. The van der Waals surface area contributed by atoms with Gasteiger partial charge in [0.05, 0.1) is 0 Å². The second-order valence-electron chi connectivity index (χ2n) is 13.7. The molecule has 2 heterocycles. The smallest absolute Gasteiger partial charge is 0.252 e. The number of hydrogen-bond acceptors (Lipinski definition) is 2. The standard InChI is InChI=1S/C48H31BN2/c1-3-15-34(16-4-1)50-44-25-13-11-23-42(44)49-43-24-12-14-26-45(43)51(35-17-5-2-6-18-35)47-31-33(30-46(50)48(47)49)32-27-28-40-38-21-8-7-19-36(38)37-20-9-10-22-39(37)41(40)29-32/h1-31H. The topological polar surface area (TPSA) is 6.48 Å². The number of para-hydroxylation sites is 4. The zero-order valence-electron chi connectivity index (χ0n) is 27.9. The fraction of sp³-hybridized carbons (Fsp3) is 0. The molecule has 0 N–H and O–H groups in total. The lowest BCUT2D eigenvalue weighted by Gasteiger charge is -2.44. The Balaban J connectivity index is 1.25. The van der Waals surface area contributed by atoms with E-state index in [4.69, 9.17) is 0 Å². The molecule has 2 nitrogen and oxygen atoms in total. The molecule has 9 aromatic carbocycles. The normalized spacial score (nSPS) is 13.0. The van der Waals surface area contributed by atoms with Crippen LogP contribution in [0.5, 0.6) is 0 Å². The number of anilines is 6. The van der Waals surface area contributed by atoms with Gasteiger partial charge in [0.2, 0.25) is 0 Å². The highest BCUT2D eigenvalue weighted by Gasteiger charge is 2.43. The second-order valence-corrected chi connectivity index (χ2v) is 13.7. The predicted molar refractivity (Wildman–Crippen MR) is 218 cm³/mol. The minimum atomic E-state index is 0.100. The molecule has 0 spiro atoms. The van der Waals surface area contributed by atoms with Gasteiger partial charge in [-0.1, -0.05) is 133 Å². The number of fused-ring (bicyclic) bond motifs is 10. The molecule has 2 aliphatic heterocycles. The van der Waals surface area contributed by atoms with Crippen molar-refractivity contribution in [3.8, 4) is 11.1 Å². The molecule has 0 aliphatic carbocycles. The van der Waals surface area contributed by atoms with Gasteiger partial charge in [0, 0.05) is 34.1 Å². The van der Waals surface area contributed by atoms with E-state index in [1.165, 1.54) is 82.6 Å². The number of rotatable bonds is 3. The second kappa shape index (κ2) is 11.0. The molecule has 0 amide bonds. The number of nitrogens with zero attached hydrogens (tertiary/aromatic N) is 2. The molecule has 0 aromatic heterocycles. The predicted octanol–water partition coefficient (Wildman–Crippen LogP) is 10.9. The van der Waals surface area contributed by atoms with Crippen molar-refractivity contribution >= 4 is 89.5 Å². The molecule has 3 heteroatoms. The molecule has 0 unspecified atom stereocenters. The summed E-state index contributed by atoms with van der Waals surface area (Å²) in [5.74, 6) is 0. The Bertz CT molecular complexity index is 2680. The SMILES string of the molecule is c1ccc(N2c3ccccc3B3c4ccccc4N(c4ccccc4)c4cc(-c5ccc6c7ccccc7c7ccccc7c6c5)cc2c43)cc1. The molecule has 0 fully saturated rings. The van der Waals surface area contributed by atoms with Crippen LogP contribution in [-0.2, 0) is 0 Å². The summed E-state index contributed by atoms with van der Waals surface area (Å²) in [5, 5.41) is 7.73. The van der Waals surface area contributed by atoms with Gasteiger partial charge in [-0.3, -0.25) is 0 Å². The van der Waals surface area contributed by atoms with E-state index < -0.39 is 0 Å². The van der Waals surface area contributed by atoms with Crippen molar-refractivity contribution in [3.05, 3.63) is 188 Å². The largest absolute Gasteiger partial charge is 0.311 e. The summed E-state index contributed by atoms with van der Waals surface area (Å²) >= 11 is 0. The summed E-state index contributed by atoms with van der Waals surface area (Å²) in [4.78, 5) is 4.96. The van der Waals surface area contributed by atoms with Crippen molar-refractivity contribution in [1.29, 1.82) is 0 Å². The Morgan fingerprint density at radius 3 is 1.22 bits per heavy atom. The molecule has 0 atom stereocenters. The highest BCUT2D eigenvalue weighted by molar-refractivity contribution is 7.00. The van der Waals surface area contributed by atoms with Crippen LogP contribution in [0.15, 0.2) is 188 Å². The van der Waals surface area contributed by atoms with Crippen LogP contribution in [0.25, 0.3) is 43.4 Å². The lowest BCUT2D eigenvalue weighted by molar-refractivity contribution is 1.25. The lowest BCUT2D eigenvalue weighted by atomic mass is 9.33. The van der Waals surface area contributed by atoms with Crippen LogP contribution in [0.2, 0.25) is 0 Å². The first-order valence-electron chi connectivity index (χ1n) is 17.7. The zero-order valence-corrected chi connectivity index (χ0v) is 27.9. The number of hydrogen-bond donors (Lipinski definition) is 0. The minimum Gasteiger partial charge on any atom is -0.311 e. The van der Waals surface area contributed by atoms with Crippen LogP contribution in [0.1, 0.15) is 0 Å². The first-order chi connectivity index (χ1) is 25.3. The average molecular weight is 647 g/mol. The van der Waals surface area contributed by atoms with Crippen LogP contribution < -0.4 is 26.2 Å². The Hall–Kier alpha value is -6.58. The van der Waals surface area contributed by atoms with E-state index in [-0.39, 0.29) is 6.71 Å². The summed E-state index contributed by atoms with van der Waals surface area (Å²) < 4.78 is 0. The summed E-state index contributed by atoms with van der Waals surface area (Å²) in [6.45, 7) is 0.100. The van der Waals surface area contributed by atoms with Crippen molar-refractivity contribution in [2.45, 2.75) is 0 Å². The Labute approximate surface area is 297 Å². The van der Waals surface area contributed by atoms with E-state index in [1.807, 2.05) is 0 Å². The van der Waals surface area contributed by atoms with Crippen molar-refractivity contribution in [2.24, 2.45) is 0 Å². The molecule has 0 bridgehead atoms. The van der Waals surface area contributed by atoms with Gasteiger partial charge < -0.3 is 9.80 Å². The minimum absolute atomic E-state index is 0.100. The van der Waals surface area contributed by atoms with Crippen molar-refractivity contribution in [3.63, 3.8) is 0 Å². The van der Waals surface area contributed by atoms with Gasteiger partial charge in [-0.05, 0) is 114 Å². The van der Waals surface area contributed by atoms with Gasteiger partial charge in [0.1, 0.15) is 0 Å². The summed E-state index contributed by atoms with van der Waals surface area (Å²) in [7, 11) is 0. The molecule has 2 aliphatic rings. The Kier molecular flexibility index (Phi) is 6.08. The average Bonchev–Trinajstić information content (AvgIpc) is 3.21. The maximum atomic E-state index is 2.48. The van der Waals surface area contributed by atoms with E-state index in [9.17, 15) is 0 Å². The highest BCUT2D eigenvalue weighted by atomic mass is 15.2. The molecule has 0 saturated carbocycles. The third-order valence-electron chi connectivity index (χ3n) is 11.0. The fourth-order valence-electron chi connectivity index (χ4n) is 8.86. The van der Waals surface area contributed by atoms with E-state index in [2.05, 4.69) is 198 Å². The van der Waals surface area contributed by atoms with Crippen molar-refractivity contribution in [2.75, 3.05) is 9.80 Å². The molecule has 51 heavy (non-hydrogen) atoms. The molecular weight excluding hydrogens is 615 g/mol. The van der Waals surface area contributed by atoms with Gasteiger partial charge >= 0.3 is 0 Å². The maximum absolute atomic E-state index is 2.48. The molecule has 11 rings (SSSR count). The third-order valence-corrected chi connectivity index (χ3v) is 11.0. The number of benzene rings is 9. The summed E-state index contributed by atoms with van der Waals surface area (Å²) in [5.41, 5.74) is 13.6. The van der Waals surface area contributed by atoms with Gasteiger partial charge in [0.15, 0.2) is 0 Å². The van der Waals surface area contributed by atoms with Crippen molar-refractivity contribution in [1.82, 2.24) is 0 Å². The molecular formula is C48H31BN2. The quantitative estimate of drug-likeness (QED) is 0.139. The van der Waals surface area contributed by atoms with Crippen molar-refractivity contribution < 1.29 is 0 Å². The zero-order chi connectivity index (χ0) is 33.5. The van der Waals surface area contributed by atoms with Crippen LogP contribution in [-0.4, -0.2) is 6.71 Å². The van der Waals surface area contributed by atoms with E-state index in [0.29, 0.717) is 0 Å². The molecule has 236 valence electrons. The van der Waals surface area contributed by atoms with Crippen LogP contribution in [0, 0.1) is 0 Å². The first kappa shape index (κ1) is 28.3. The van der Waals surface area contributed by atoms with Gasteiger partial charge in [0.25, 0.3) is 6.71 Å². The molecule has 0 saturated heterocycles. The van der Waals surface area contributed by atoms with Crippen LogP contribution in [0.3, 0.4) is 0 Å². The van der Waals surface area contributed by atoms with Crippen LogP contribution >= 0.6 is 0 Å². The van der Waals surface area contributed by atoms with Gasteiger partial charge in [-0.25, -0.2) is 0 Å². The van der Waals surface area contributed by atoms with E-state index in [1.54, 1.807) is 0 Å². The van der Waals surface area contributed by atoms with Crippen LogP contribution in [0.4, 0.5) is 34.1 Å². The van der Waals surface area contributed by atoms with E-state index in [0.717, 1.165) is 11.4 Å². The Morgan fingerprint density at radius 1 is 0.294 bits per heavy atom. The lowest BCUT2D eigenvalue weighted by Crippen LogP contribution is -2.61. The highest BCUT2D eigenvalue weighted by Crippen LogP contribution is 2.46. The van der Waals surface area contributed by atoms with Gasteiger partial charge in [-0.2, -0.15) is 0 Å². The van der Waals surface area contributed by atoms with Gasteiger partial charge in [-0.15, -0.1) is 0 Å². The Morgan fingerprint density at radius 2 is 0.706 bits per heavy atom. The molecule has 0 radical (unpaired) electrons.